The molecule has 2 aliphatic carbocycles. The highest BCUT2D eigenvalue weighted by Crippen LogP contribution is 2.33. The molecule has 5 heteroatoms. The molecule has 1 heterocycles. The van der Waals surface area contributed by atoms with Gasteiger partial charge in [0.2, 0.25) is 11.8 Å². The number of nitrogens with one attached hydrogen (secondary N) is 1. The molecule has 2 atom stereocenters. The Morgan fingerprint density at radius 3 is 2.38 bits per heavy atom. The highest BCUT2D eigenvalue weighted by atomic mass is 16.2. The second-order valence-electron chi connectivity index (χ2n) is 6.92. The standard InChI is InChI=1S/C16H27N3O2/c17-10-12-2-1-3-14(12)15(20)18-13-6-8-19(9-7-13)16(21)11-4-5-11/h11-14H,1-10,17H2,(H,18,20)/t12-,14-/m1/s1. The van der Waals surface area contributed by atoms with E-state index in [1.54, 1.807) is 0 Å². The fourth-order valence-corrected chi connectivity index (χ4v) is 3.81. The van der Waals surface area contributed by atoms with E-state index in [-0.39, 0.29) is 17.9 Å². The van der Waals surface area contributed by atoms with Crippen molar-refractivity contribution in [1.29, 1.82) is 0 Å². The lowest BCUT2D eigenvalue weighted by Gasteiger charge is -2.33. The van der Waals surface area contributed by atoms with Crippen LogP contribution in [0.4, 0.5) is 0 Å². The molecule has 0 aromatic carbocycles. The topological polar surface area (TPSA) is 75.4 Å². The van der Waals surface area contributed by atoms with Crippen molar-refractivity contribution in [3.63, 3.8) is 0 Å². The van der Waals surface area contributed by atoms with Crippen LogP contribution in [0.15, 0.2) is 0 Å². The number of piperidine rings is 1. The zero-order valence-electron chi connectivity index (χ0n) is 12.7. The fourth-order valence-electron chi connectivity index (χ4n) is 3.81. The maximum absolute atomic E-state index is 12.4. The molecule has 118 valence electrons. The summed E-state index contributed by atoms with van der Waals surface area (Å²) < 4.78 is 0. The molecule has 0 unspecified atom stereocenters. The fraction of sp³-hybridized carbons (Fsp3) is 0.875. The molecule has 0 radical (unpaired) electrons. The van der Waals surface area contributed by atoms with Crippen LogP contribution >= 0.6 is 0 Å². The summed E-state index contributed by atoms with van der Waals surface area (Å²) in [6.07, 6.45) is 7.10. The lowest BCUT2D eigenvalue weighted by atomic mass is 9.94. The molecule has 2 saturated carbocycles. The number of hydrogen-bond donors (Lipinski definition) is 2. The van der Waals surface area contributed by atoms with Crippen LogP contribution in [0.2, 0.25) is 0 Å². The summed E-state index contributed by atoms with van der Waals surface area (Å²) in [7, 11) is 0. The maximum Gasteiger partial charge on any atom is 0.225 e. The molecule has 3 aliphatic rings. The third-order valence-electron chi connectivity index (χ3n) is 5.38. The van der Waals surface area contributed by atoms with Gasteiger partial charge in [-0.3, -0.25) is 9.59 Å². The zero-order chi connectivity index (χ0) is 14.8. The molecule has 1 aliphatic heterocycles. The zero-order valence-corrected chi connectivity index (χ0v) is 12.7. The predicted octanol–water partition coefficient (Wildman–Crippen LogP) is 0.879. The van der Waals surface area contributed by atoms with Gasteiger partial charge in [-0.1, -0.05) is 6.42 Å². The molecule has 0 aromatic rings. The van der Waals surface area contributed by atoms with E-state index in [4.69, 9.17) is 5.73 Å². The second kappa shape index (κ2) is 6.34. The lowest BCUT2D eigenvalue weighted by Crippen LogP contribution is -2.48. The molecular weight excluding hydrogens is 266 g/mol. The van der Waals surface area contributed by atoms with Crippen LogP contribution in [0.25, 0.3) is 0 Å². The number of amides is 2. The number of carbonyl (C=O) groups excluding carboxylic acids is 2. The molecule has 1 saturated heterocycles. The number of nitrogens with two attached hydrogens (primary N) is 1. The van der Waals surface area contributed by atoms with E-state index in [1.165, 1.54) is 0 Å². The van der Waals surface area contributed by atoms with E-state index >= 15 is 0 Å². The maximum atomic E-state index is 12.4. The Labute approximate surface area is 126 Å². The van der Waals surface area contributed by atoms with Gasteiger partial charge in [-0.05, 0) is 51.0 Å². The Balaban J connectivity index is 1.44. The Morgan fingerprint density at radius 2 is 1.76 bits per heavy atom. The number of hydrogen-bond acceptors (Lipinski definition) is 3. The number of nitrogens with zero attached hydrogens (tertiary/aromatic N) is 1. The van der Waals surface area contributed by atoms with E-state index in [2.05, 4.69) is 5.32 Å². The third-order valence-corrected chi connectivity index (χ3v) is 5.38. The number of likely N-dealkylation sites (tertiary alicyclic amines) is 1. The Morgan fingerprint density at radius 1 is 1.05 bits per heavy atom. The quantitative estimate of drug-likeness (QED) is 0.808. The predicted molar refractivity (Wildman–Crippen MR) is 80.4 cm³/mol. The van der Waals surface area contributed by atoms with Gasteiger partial charge >= 0.3 is 0 Å². The van der Waals surface area contributed by atoms with Gasteiger partial charge in [-0.25, -0.2) is 0 Å². The van der Waals surface area contributed by atoms with Gasteiger partial charge in [0.1, 0.15) is 0 Å². The summed E-state index contributed by atoms with van der Waals surface area (Å²) in [5, 5.41) is 3.20. The third kappa shape index (κ3) is 3.39. The first-order valence-electron chi connectivity index (χ1n) is 8.48. The van der Waals surface area contributed by atoms with E-state index in [0.29, 0.717) is 24.3 Å². The van der Waals surface area contributed by atoms with Crippen molar-refractivity contribution in [3.05, 3.63) is 0 Å². The molecule has 0 bridgehead atoms. The molecule has 2 amide bonds. The normalized spacial score (nSPS) is 30.4. The SMILES string of the molecule is NC[C@H]1CCC[C@H]1C(=O)NC1CCN(C(=O)C2CC2)CC1. The van der Waals surface area contributed by atoms with Crippen LogP contribution in [0.5, 0.6) is 0 Å². The smallest absolute Gasteiger partial charge is 0.225 e. The van der Waals surface area contributed by atoms with Gasteiger partial charge < -0.3 is 16.0 Å². The molecule has 0 aromatic heterocycles. The first kappa shape index (κ1) is 14.8. The minimum atomic E-state index is 0.112. The van der Waals surface area contributed by atoms with Crippen molar-refractivity contribution in [3.8, 4) is 0 Å². The van der Waals surface area contributed by atoms with Crippen LogP contribution in [0.1, 0.15) is 44.9 Å². The van der Waals surface area contributed by atoms with Crippen molar-refractivity contribution in [2.24, 2.45) is 23.5 Å². The van der Waals surface area contributed by atoms with Gasteiger partial charge in [0.25, 0.3) is 0 Å². The first-order valence-corrected chi connectivity index (χ1v) is 8.48. The van der Waals surface area contributed by atoms with Gasteiger partial charge in [-0.2, -0.15) is 0 Å². The van der Waals surface area contributed by atoms with Crippen LogP contribution in [-0.4, -0.2) is 42.4 Å². The summed E-state index contributed by atoms with van der Waals surface area (Å²) in [4.78, 5) is 26.4. The summed E-state index contributed by atoms with van der Waals surface area (Å²) in [5.74, 6) is 1.30. The van der Waals surface area contributed by atoms with Gasteiger partial charge in [0.15, 0.2) is 0 Å². The molecule has 5 nitrogen and oxygen atoms in total. The van der Waals surface area contributed by atoms with Crippen molar-refractivity contribution >= 4 is 11.8 Å². The monoisotopic (exact) mass is 293 g/mol. The molecular formula is C16H27N3O2. The minimum Gasteiger partial charge on any atom is -0.353 e. The van der Waals surface area contributed by atoms with Crippen molar-refractivity contribution in [2.75, 3.05) is 19.6 Å². The van der Waals surface area contributed by atoms with Crippen molar-refractivity contribution < 1.29 is 9.59 Å². The molecule has 3 fully saturated rings. The Hall–Kier alpha value is -1.10. The highest BCUT2D eigenvalue weighted by molar-refractivity contribution is 5.81. The van der Waals surface area contributed by atoms with E-state index in [1.807, 2.05) is 4.90 Å². The largest absolute Gasteiger partial charge is 0.353 e. The summed E-state index contributed by atoms with van der Waals surface area (Å²) in [6, 6.07) is 0.236. The lowest BCUT2D eigenvalue weighted by molar-refractivity contribution is -0.133. The average Bonchev–Trinajstić information content (AvgIpc) is 3.24. The van der Waals surface area contributed by atoms with E-state index in [9.17, 15) is 9.59 Å². The first-order chi connectivity index (χ1) is 10.2. The van der Waals surface area contributed by atoms with Gasteiger partial charge in [-0.15, -0.1) is 0 Å². The Kier molecular flexibility index (Phi) is 4.48. The molecule has 0 spiro atoms. The van der Waals surface area contributed by atoms with Crippen molar-refractivity contribution in [1.82, 2.24) is 10.2 Å². The Bertz CT molecular complexity index is 400. The number of rotatable bonds is 4. The number of carbonyl (C=O) groups is 2. The van der Waals surface area contributed by atoms with E-state index < -0.39 is 0 Å². The molecule has 3 N–H and O–H groups in total. The minimum absolute atomic E-state index is 0.112. The van der Waals surface area contributed by atoms with Gasteiger partial charge in [0.05, 0.1) is 0 Å². The van der Waals surface area contributed by atoms with Crippen LogP contribution in [0.3, 0.4) is 0 Å². The van der Waals surface area contributed by atoms with Gasteiger partial charge in [0, 0.05) is 31.0 Å². The van der Waals surface area contributed by atoms with Crippen molar-refractivity contribution in [2.45, 2.75) is 51.0 Å². The van der Waals surface area contributed by atoms with E-state index in [0.717, 1.165) is 58.0 Å². The van der Waals surface area contributed by atoms with Crippen LogP contribution in [-0.2, 0) is 9.59 Å². The second-order valence-corrected chi connectivity index (χ2v) is 6.92. The summed E-state index contributed by atoms with van der Waals surface area (Å²) >= 11 is 0. The highest BCUT2D eigenvalue weighted by Gasteiger charge is 2.36. The van der Waals surface area contributed by atoms with Crippen LogP contribution < -0.4 is 11.1 Å². The van der Waals surface area contributed by atoms with Crippen LogP contribution in [0, 0.1) is 17.8 Å². The summed E-state index contributed by atoms with van der Waals surface area (Å²) in [6.45, 7) is 2.21. The average molecular weight is 293 g/mol. The molecule has 21 heavy (non-hydrogen) atoms. The molecule has 3 rings (SSSR count). The summed E-state index contributed by atoms with van der Waals surface area (Å²) in [5.41, 5.74) is 5.76.